The summed E-state index contributed by atoms with van der Waals surface area (Å²) in [5, 5.41) is 11.2. The largest absolute Gasteiger partial charge is 0.437 e. The van der Waals surface area contributed by atoms with Crippen molar-refractivity contribution in [2.24, 2.45) is 0 Å². The molecule has 0 saturated heterocycles. The van der Waals surface area contributed by atoms with E-state index < -0.39 is 0 Å². The van der Waals surface area contributed by atoms with Crippen LogP contribution in [0.4, 0.5) is 4.39 Å². The van der Waals surface area contributed by atoms with Crippen LogP contribution in [-0.4, -0.2) is 16.7 Å². The number of aromatic nitrogens is 2. The average Bonchev–Trinajstić information content (AvgIpc) is 2.45. The SMILES string of the molecule is CCCNCc1ccc(Oc2ccc(Br)c(F)c2)nn1. The lowest BCUT2D eigenvalue weighted by atomic mass is 10.3. The van der Waals surface area contributed by atoms with E-state index >= 15 is 0 Å². The van der Waals surface area contributed by atoms with Crippen LogP contribution < -0.4 is 10.1 Å². The minimum absolute atomic E-state index is 0.339. The van der Waals surface area contributed by atoms with Gasteiger partial charge in [0.15, 0.2) is 0 Å². The predicted molar refractivity (Wildman–Crippen MR) is 78.2 cm³/mol. The Hall–Kier alpha value is -1.53. The highest BCUT2D eigenvalue weighted by molar-refractivity contribution is 9.10. The van der Waals surface area contributed by atoms with Crippen LogP contribution in [0.3, 0.4) is 0 Å². The second kappa shape index (κ2) is 7.31. The molecule has 1 aromatic carbocycles. The second-order valence-corrected chi connectivity index (χ2v) is 5.07. The first kappa shape index (κ1) is 14.9. The summed E-state index contributed by atoms with van der Waals surface area (Å²) < 4.78 is 19.2. The van der Waals surface area contributed by atoms with Crippen molar-refractivity contribution in [2.75, 3.05) is 6.54 Å². The number of benzene rings is 1. The van der Waals surface area contributed by atoms with Gasteiger partial charge in [0, 0.05) is 18.7 Å². The average molecular weight is 340 g/mol. The van der Waals surface area contributed by atoms with E-state index in [1.165, 1.54) is 6.07 Å². The Balaban J connectivity index is 1.97. The van der Waals surface area contributed by atoms with E-state index in [0.29, 0.717) is 22.6 Å². The number of nitrogens with zero attached hydrogens (tertiary/aromatic N) is 2. The summed E-state index contributed by atoms with van der Waals surface area (Å²) in [7, 11) is 0. The number of halogens is 2. The normalized spacial score (nSPS) is 10.6. The molecule has 0 aliphatic heterocycles. The van der Waals surface area contributed by atoms with Gasteiger partial charge in [0.25, 0.3) is 0 Å². The third-order valence-corrected chi connectivity index (χ3v) is 3.18. The number of hydrogen-bond acceptors (Lipinski definition) is 4. The van der Waals surface area contributed by atoms with Crippen LogP contribution in [0, 0.1) is 5.82 Å². The summed E-state index contributed by atoms with van der Waals surface area (Å²) in [6, 6.07) is 8.09. The van der Waals surface area contributed by atoms with Gasteiger partial charge in [-0.3, -0.25) is 0 Å². The summed E-state index contributed by atoms with van der Waals surface area (Å²) in [6.07, 6.45) is 1.07. The van der Waals surface area contributed by atoms with E-state index in [1.807, 2.05) is 6.07 Å². The van der Waals surface area contributed by atoms with Crippen LogP contribution >= 0.6 is 15.9 Å². The highest BCUT2D eigenvalue weighted by Crippen LogP contribution is 2.24. The molecule has 1 heterocycles. The summed E-state index contributed by atoms with van der Waals surface area (Å²) in [5.74, 6) is 0.346. The van der Waals surface area contributed by atoms with E-state index in [-0.39, 0.29) is 5.82 Å². The molecule has 0 aliphatic rings. The number of rotatable bonds is 6. The molecule has 0 unspecified atom stereocenters. The van der Waals surface area contributed by atoms with E-state index in [2.05, 4.69) is 38.4 Å². The quantitative estimate of drug-likeness (QED) is 0.815. The lowest BCUT2D eigenvalue weighted by molar-refractivity contribution is 0.448. The van der Waals surface area contributed by atoms with Gasteiger partial charge in [-0.15, -0.1) is 5.10 Å². The lowest BCUT2D eigenvalue weighted by Gasteiger charge is -2.06. The molecular formula is C14H15BrFN3O. The van der Waals surface area contributed by atoms with E-state index in [9.17, 15) is 4.39 Å². The number of nitrogens with one attached hydrogen (secondary N) is 1. The highest BCUT2D eigenvalue weighted by atomic mass is 79.9. The van der Waals surface area contributed by atoms with Gasteiger partial charge >= 0.3 is 0 Å². The Kier molecular flexibility index (Phi) is 5.43. The maximum absolute atomic E-state index is 13.3. The van der Waals surface area contributed by atoms with Gasteiger partial charge in [-0.05, 0) is 47.1 Å². The lowest BCUT2D eigenvalue weighted by Crippen LogP contribution is -2.15. The Labute approximate surface area is 125 Å². The number of hydrogen-bond donors (Lipinski definition) is 1. The smallest absolute Gasteiger partial charge is 0.238 e. The van der Waals surface area contributed by atoms with Gasteiger partial charge in [0.2, 0.25) is 5.88 Å². The fourth-order valence-corrected chi connectivity index (χ4v) is 1.80. The maximum atomic E-state index is 13.3. The van der Waals surface area contributed by atoms with Gasteiger partial charge in [0.05, 0.1) is 10.2 Å². The van der Waals surface area contributed by atoms with E-state index in [4.69, 9.17) is 4.74 Å². The first-order valence-corrected chi connectivity index (χ1v) is 7.14. The highest BCUT2D eigenvalue weighted by Gasteiger charge is 2.04. The second-order valence-electron chi connectivity index (χ2n) is 4.22. The zero-order chi connectivity index (χ0) is 14.4. The maximum Gasteiger partial charge on any atom is 0.238 e. The fraction of sp³-hybridized carbons (Fsp3) is 0.286. The Bertz CT molecular complexity index is 563. The molecule has 0 spiro atoms. The third-order valence-electron chi connectivity index (χ3n) is 2.54. The molecule has 4 nitrogen and oxygen atoms in total. The van der Waals surface area contributed by atoms with Crippen molar-refractivity contribution in [3.8, 4) is 11.6 Å². The molecule has 20 heavy (non-hydrogen) atoms. The van der Waals surface area contributed by atoms with Gasteiger partial charge in [-0.25, -0.2) is 4.39 Å². The molecule has 106 valence electrons. The molecule has 2 rings (SSSR count). The summed E-state index contributed by atoms with van der Waals surface area (Å²) in [6.45, 7) is 3.72. The molecule has 1 N–H and O–H groups in total. The zero-order valence-electron chi connectivity index (χ0n) is 11.1. The van der Waals surface area contributed by atoms with E-state index in [1.54, 1.807) is 18.2 Å². The third kappa shape index (κ3) is 4.25. The summed E-state index contributed by atoms with van der Waals surface area (Å²) in [5.41, 5.74) is 0.841. The molecule has 0 atom stereocenters. The van der Waals surface area contributed by atoms with Crippen LogP contribution in [0.25, 0.3) is 0 Å². The van der Waals surface area contributed by atoms with Crippen LogP contribution in [0.2, 0.25) is 0 Å². The van der Waals surface area contributed by atoms with Gasteiger partial charge < -0.3 is 10.1 Å². The minimum atomic E-state index is -0.379. The number of ether oxygens (including phenoxy) is 1. The van der Waals surface area contributed by atoms with Crippen molar-refractivity contribution in [2.45, 2.75) is 19.9 Å². The van der Waals surface area contributed by atoms with Crippen molar-refractivity contribution in [1.29, 1.82) is 0 Å². The van der Waals surface area contributed by atoms with Crippen molar-refractivity contribution in [1.82, 2.24) is 15.5 Å². The van der Waals surface area contributed by atoms with Crippen molar-refractivity contribution >= 4 is 15.9 Å². The fourth-order valence-electron chi connectivity index (χ4n) is 1.55. The first-order valence-electron chi connectivity index (χ1n) is 6.35. The Morgan fingerprint density at radius 1 is 1.25 bits per heavy atom. The van der Waals surface area contributed by atoms with Crippen molar-refractivity contribution in [3.05, 3.63) is 46.3 Å². The molecule has 1 aromatic heterocycles. The predicted octanol–water partition coefficient (Wildman–Crippen LogP) is 3.67. The van der Waals surface area contributed by atoms with Crippen LogP contribution in [0.15, 0.2) is 34.8 Å². The molecular weight excluding hydrogens is 325 g/mol. The molecule has 0 bridgehead atoms. The van der Waals surface area contributed by atoms with Crippen LogP contribution in [0.5, 0.6) is 11.6 Å². The Morgan fingerprint density at radius 2 is 2.10 bits per heavy atom. The summed E-state index contributed by atoms with van der Waals surface area (Å²) >= 11 is 3.09. The van der Waals surface area contributed by atoms with Crippen LogP contribution in [-0.2, 0) is 6.54 Å². The molecule has 6 heteroatoms. The van der Waals surface area contributed by atoms with Crippen molar-refractivity contribution in [3.63, 3.8) is 0 Å². The zero-order valence-corrected chi connectivity index (χ0v) is 12.7. The standard InChI is InChI=1S/C14H15BrFN3O/c1-2-7-17-9-10-3-6-14(19-18-10)20-11-4-5-12(15)13(16)8-11/h3-6,8,17H,2,7,9H2,1H3. The minimum Gasteiger partial charge on any atom is -0.437 e. The topological polar surface area (TPSA) is 47.0 Å². The summed E-state index contributed by atoms with van der Waals surface area (Å²) in [4.78, 5) is 0. The molecule has 0 saturated carbocycles. The first-order chi connectivity index (χ1) is 9.69. The van der Waals surface area contributed by atoms with Gasteiger partial charge in [-0.1, -0.05) is 6.92 Å². The van der Waals surface area contributed by atoms with Gasteiger partial charge in [-0.2, -0.15) is 5.10 Å². The molecule has 2 aromatic rings. The molecule has 0 fully saturated rings. The monoisotopic (exact) mass is 339 g/mol. The van der Waals surface area contributed by atoms with Crippen molar-refractivity contribution < 1.29 is 9.13 Å². The molecule has 0 radical (unpaired) electrons. The Morgan fingerprint density at radius 3 is 2.75 bits per heavy atom. The van der Waals surface area contributed by atoms with Crippen LogP contribution in [0.1, 0.15) is 19.0 Å². The molecule has 0 aliphatic carbocycles. The van der Waals surface area contributed by atoms with Gasteiger partial charge in [0.1, 0.15) is 11.6 Å². The molecule has 0 amide bonds. The van der Waals surface area contributed by atoms with E-state index in [0.717, 1.165) is 18.7 Å².